The van der Waals surface area contributed by atoms with Crippen LogP contribution in [0.3, 0.4) is 0 Å². The molecule has 0 bridgehead atoms. The van der Waals surface area contributed by atoms with E-state index in [0.717, 1.165) is 6.42 Å². The van der Waals surface area contributed by atoms with E-state index in [1.807, 2.05) is 13.8 Å². The summed E-state index contributed by atoms with van der Waals surface area (Å²) in [6.45, 7) is 13.6. The first-order chi connectivity index (χ1) is 8.76. The normalized spacial score (nSPS) is 14.8. The van der Waals surface area contributed by atoms with Crippen LogP contribution in [-0.4, -0.2) is 37.5 Å². The van der Waals surface area contributed by atoms with Gasteiger partial charge in [-0.2, -0.15) is 0 Å². The molecule has 1 atom stereocenters. The number of rotatable bonds is 6. The van der Waals surface area contributed by atoms with Gasteiger partial charge >= 0.3 is 6.03 Å². The zero-order valence-electron chi connectivity index (χ0n) is 13.8. The Morgan fingerprint density at radius 3 is 2.05 bits per heavy atom. The van der Waals surface area contributed by atoms with Crippen LogP contribution in [0.2, 0.25) is 0 Å². The van der Waals surface area contributed by atoms with Crippen LogP contribution in [0.25, 0.3) is 0 Å². The summed E-state index contributed by atoms with van der Waals surface area (Å²) in [7, 11) is -3.08. The number of carbonyl (C=O) groups excluding carboxylic acids is 1. The molecule has 0 fully saturated rings. The lowest BCUT2D eigenvalue weighted by Gasteiger charge is -2.33. The molecule has 0 rings (SSSR count). The first-order valence-corrected chi connectivity index (χ1v) is 8.87. The largest absolute Gasteiger partial charge is 0.335 e. The molecule has 20 heavy (non-hydrogen) atoms. The van der Waals surface area contributed by atoms with Crippen LogP contribution in [0.15, 0.2) is 0 Å². The maximum Gasteiger partial charge on any atom is 0.315 e. The number of sulfone groups is 1. The van der Waals surface area contributed by atoms with Crippen LogP contribution in [0, 0.1) is 5.41 Å². The zero-order chi connectivity index (χ0) is 16.2. The molecule has 0 aliphatic rings. The molecule has 0 saturated carbocycles. The van der Waals surface area contributed by atoms with E-state index in [2.05, 4.69) is 31.4 Å². The molecule has 6 heteroatoms. The van der Waals surface area contributed by atoms with Crippen molar-refractivity contribution < 1.29 is 13.2 Å². The third-order valence-corrected chi connectivity index (χ3v) is 4.63. The second-order valence-corrected chi connectivity index (χ2v) is 9.72. The van der Waals surface area contributed by atoms with Crippen molar-refractivity contribution in [3.8, 4) is 0 Å². The molecule has 2 amide bonds. The highest BCUT2D eigenvalue weighted by molar-refractivity contribution is 7.91. The Hall–Kier alpha value is -0.780. The molecule has 2 N–H and O–H groups in total. The Morgan fingerprint density at radius 2 is 1.65 bits per heavy atom. The average Bonchev–Trinajstić information content (AvgIpc) is 2.10. The van der Waals surface area contributed by atoms with E-state index in [-0.39, 0.29) is 28.5 Å². The summed E-state index contributed by atoms with van der Waals surface area (Å²) in [6.07, 6.45) is 0.828. The molecule has 0 radical (unpaired) electrons. The van der Waals surface area contributed by atoms with Crippen LogP contribution in [-0.2, 0) is 9.84 Å². The fourth-order valence-corrected chi connectivity index (χ4v) is 3.56. The van der Waals surface area contributed by atoms with Crippen LogP contribution < -0.4 is 10.6 Å². The minimum absolute atomic E-state index is 0.0311. The minimum Gasteiger partial charge on any atom is -0.335 e. The topological polar surface area (TPSA) is 75.3 Å². The molecule has 0 aromatic carbocycles. The fraction of sp³-hybridized carbons (Fsp3) is 0.929. The van der Waals surface area contributed by atoms with Gasteiger partial charge in [-0.3, -0.25) is 0 Å². The Balaban J connectivity index is 4.43. The lowest BCUT2D eigenvalue weighted by molar-refractivity contribution is 0.209. The van der Waals surface area contributed by atoms with Gasteiger partial charge < -0.3 is 10.6 Å². The molecule has 120 valence electrons. The summed E-state index contributed by atoms with van der Waals surface area (Å²) >= 11 is 0. The predicted octanol–water partition coefficient (Wildman–Crippen LogP) is 2.32. The van der Waals surface area contributed by atoms with E-state index in [0.29, 0.717) is 0 Å². The Morgan fingerprint density at radius 1 is 1.15 bits per heavy atom. The van der Waals surface area contributed by atoms with Crippen molar-refractivity contribution in [1.29, 1.82) is 0 Å². The number of hydrogen-bond acceptors (Lipinski definition) is 3. The molecule has 0 unspecified atom stereocenters. The van der Waals surface area contributed by atoms with Gasteiger partial charge in [-0.25, -0.2) is 13.2 Å². The van der Waals surface area contributed by atoms with Crippen molar-refractivity contribution in [1.82, 2.24) is 10.6 Å². The lowest BCUT2D eigenvalue weighted by Crippen LogP contribution is -2.52. The highest BCUT2D eigenvalue weighted by atomic mass is 32.2. The average molecular weight is 306 g/mol. The van der Waals surface area contributed by atoms with Crippen molar-refractivity contribution in [3.05, 3.63) is 0 Å². The summed E-state index contributed by atoms with van der Waals surface area (Å²) < 4.78 is 23.0. The third kappa shape index (κ3) is 9.18. The molecule has 0 spiro atoms. The highest BCUT2D eigenvalue weighted by Crippen LogP contribution is 2.26. The first-order valence-electron chi connectivity index (χ1n) is 7.05. The van der Waals surface area contributed by atoms with E-state index in [4.69, 9.17) is 0 Å². The Bertz CT molecular complexity index is 422. The van der Waals surface area contributed by atoms with Crippen LogP contribution in [0.4, 0.5) is 4.79 Å². The second-order valence-electron chi connectivity index (χ2n) is 7.32. The van der Waals surface area contributed by atoms with Crippen molar-refractivity contribution >= 4 is 15.9 Å². The van der Waals surface area contributed by atoms with E-state index in [1.165, 1.54) is 0 Å². The summed E-state index contributed by atoms with van der Waals surface area (Å²) in [4.78, 5) is 11.9. The summed E-state index contributed by atoms with van der Waals surface area (Å²) in [5, 5.41) is 5.59. The van der Waals surface area contributed by atoms with E-state index in [1.54, 1.807) is 13.8 Å². The number of hydrogen-bond donors (Lipinski definition) is 2. The van der Waals surface area contributed by atoms with Gasteiger partial charge in [-0.05, 0) is 32.6 Å². The van der Waals surface area contributed by atoms with E-state index < -0.39 is 15.9 Å². The van der Waals surface area contributed by atoms with Crippen molar-refractivity contribution in [2.24, 2.45) is 5.41 Å². The molecular weight excluding hydrogens is 276 g/mol. The molecule has 0 aromatic heterocycles. The first kappa shape index (κ1) is 19.2. The van der Waals surface area contributed by atoms with Crippen LogP contribution in [0.5, 0.6) is 0 Å². The summed E-state index contributed by atoms with van der Waals surface area (Å²) in [5.74, 6) is 0.0623. The molecule has 5 nitrogen and oxygen atoms in total. The number of nitrogens with one attached hydrogen (secondary N) is 2. The van der Waals surface area contributed by atoms with Crippen molar-refractivity contribution in [2.75, 3.05) is 11.5 Å². The molecule has 0 saturated heterocycles. The SMILES string of the molecule is CCS(=O)(=O)C[C@H](C)NC(=O)NC(C)(C)CC(C)(C)C. The van der Waals surface area contributed by atoms with E-state index in [9.17, 15) is 13.2 Å². The van der Waals surface area contributed by atoms with E-state index >= 15 is 0 Å². The zero-order valence-corrected chi connectivity index (χ0v) is 14.6. The van der Waals surface area contributed by atoms with Gasteiger partial charge in [0.15, 0.2) is 9.84 Å². The van der Waals surface area contributed by atoms with Gasteiger partial charge in [0.25, 0.3) is 0 Å². The number of amides is 2. The van der Waals surface area contributed by atoms with Gasteiger partial charge in [0.05, 0.1) is 5.75 Å². The quantitative estimate of drug-likeness (QED) is 0.791. The Labute approximate surface area is 123 Å². The maximum atomic E-state index is 11.9. The molecule has 0 heterocycles. The van der Waals surface area contributed by atoms with Crippen molar-refractivity contribution in [3.63, 3.8) is 0 Å². The molecule has 0 aliphatic heterocycles. The van der Waals surface area contributed by atoms with Gasteiger partial charge in [-0.15, -0.1) is 0 Å². The predicted molar refractivity (Wildman–Crippen MR) is 83.6 cm³/mol. The van der Waals surface area contributed by atoms with Crippen LogP contribution >= 0.6 is 0 Å². The van der Waals surface area contributed by atoms with Gasteiger partial charge in [0.2, 0.25) is 0 Å². The van der Waals surface area contributed by atoms with Gasteiger partial charge in [0.1, 0.15) is 0 Å². The van der Waals surface area contributed by atoms with Gasteiger partial charge in [-0.1, -0.05) is 27.7 Å². The third-order valence-electron chi connectivity index (χ3n) is 2.75. The smallest absolute Gasteiger partial charge is 0.315 e. The summed E-state index contributed by atoms with van der Waals surface area (Å²) in [5.41, 5.74) is -0.236. The Kier molecular flexibility index (Phi) is 6.52. The highest BCUT2D eigenvalue weighted by Gasteiger charge is 2.27. The standard InChI is InChI=1S/C14H30N2O3S/c1-8-20(18,19)9-11(2)15-12(17)16-14(6,7)10-13(3,4)5/h11H,8-10H2,1-7H3,(H2,15,16,17)/t11-/m0/s1. The fourth-order valence-electron chi connectivity index (χ4n) is 2.48. The molecule has 0 aromatic rings. The van der Waals surface area contributed by atoms with Crippen LogP contribution in [0.1, 0.15) is 54.9 Å². The lowest BCUT2D eigenvalue weighted by atomic mass is 9.82. The van der Waals surface area contributed by atoms with Gasteiger partial charge in [0, 0.05) is 17.3 Å². The number of carbonyl (C=O) groups is 1. The van der Waals surface area contributed by atoms with Crippen molar-refractivity contribution in [2.45, 2.75) is 66.5 Å². The maximum absolute atomic E-state index is 11.9. The minimum atomic E-state index is -3.08. The number of urea groups is 1. The monoisotopic (exact) mass is 306 g/mol. The summed E-state index contributed by atoms with van der Waals surface area (Å²) in [6, 6.07) is -0.719. The molecular formula is C14H30N2O3S. The molecule has 0 aliphatic carbocycles. The second kappa shape index (κ2) is 6.78.